The Kier molecular flexibility index (Phi) is 11.9. The SMILES string of the molecule is CCCC(Oc1ccc(C#N)cc1)[Si](C)(C)c1ccc(C(=O)OC2CC[C@@]3(C)C(=CCC4C3CC[C@@]3(C)C4CC[C@@H]3[C@H](C)CCCC(C)C)C2)cc1. The number of ether oxygens (including phenoxy) is 2. The van der Waals surface area contributed by atoms with Gasteiger partial charge in [-0.2, -0.15) is 5.26 Å². The third kappa shape index (κ3) is 7.71. The number of rotatable bonds is 13. The van der Waals surface area contributed by atoms with Gasteiger partial charge in [0, 0.05) is 6.42 Å². The molecule has 0 aromatic heterocycles. The third-order valence-electron chi connectivity index (χ3n) is 15.0. The molecule has 3 fully saturated rings. The summed E-state index contributed by atoms with van der Waals surface area (Å²) in [6.07, 6.45) is 18.6. The van der Waals surface area contributed by atoms with Gasteiger partial charge in [-0.15, -0.1) is 0 Å². The van der Waals surface area contributed by atoms with Gasteiger partial charge in [-0.3, -0.25) is 0 Å². The lowest BCUT2D eigenvalue weighted by Crippen LogP contribution is -2.55. The first-order chi connectivity index (χ1) is 24.8. The largest absolute Gasteiger partial charge is 0.494 e. The quantitative estimate of drug-likeness (QED) is 0.117. The van der Waals surface area contributed by atoms with E-state index in [1.54, 1.807) is 5.57 Å². The van der Waals surface area contributed by atoms with E-state index in [2.05, 4.69) is 78.9 Å². The number of hydrogen-bond acceptors (Lipinski definition) is 4. The molecule has 0 aliphatic heterocycles. The average molecular weight is 722 g/mol. The van der Waals surface area contributed by atoms with Gasteiger partial charge in [0.15, 0.2) is 0 Å². The maximum absolute atomic E-state index is 13.5. The van der Waals surface area contributed by atoms with Crippen molar-refractivity contribution in [1.82, 2.24) is 0 Å². The summed E-state index contributed by atoms with van der Waals surface area (Å²) in [5.74, 6) is 5.61. The molecule has 3 saturated carbocycles. The van der Waals surface area contributed by atoms with E-state index in [1.807, 2.05) is 36.4 Å². The molecule has 9 atom stereocenters. The second-order valence-electron chi connectivity index (χ2n) is 18.9. The molecule has 0 N–H and O–H groups in total. The van der Waals surface area contributed by atoms with Gasteiger partial charge in [-0.05, 0) is 134 Å². The predicted molar refractivity (Wildman–Crippen MR) is 216 cm³/mol. The van der Waals surface area contributed by atoms with Crippen LogP contribution in [0.2, 0.25) is 13.1 Å². The highest BCUT2D eigenvalue weighted by Crippen LogP contribution is 2.67. The normalized spacial score (nSPS) is 31.0. The smallest absolute Gasteiger partial charge is 0.338 e. The summed E-state index contributed by atoms with van der Waals surface area (Å²) in [7, 11) is -2.06. The Bertz CT molecular complexity index is 1600. The van der Waals surface area contributed by atoms with Gasteiger partial charge in [0.05, 0.1) is 22.9 Å². The minimum Gasteiger partial charge on any atom is -0.494 e. The second kappa shape index (κ2) is 15.9. The lowest BCUT2D eigenvalue weighted by molar-refractivity contribution is -0.0594. The van der Waals surface area contributed by atoms with Crippen molar-refractivity contribution in [2.75, 3.05) is 0 Å². The van der Waals surface area contributed by atoms with Crippen molar-refractivity contribution >= 4 is 19.2 Å². The molecule has 52 heavy (non-hydrogen) atoms. The standard InChI is InChI=1S/C47H67NO3Si/c1-9-11-44(50-37-19-14-34(31-48)15-20-37)52(7,8)39-21-16-35(17-22-39)45(49)51-38-26-28-46(5)36(30-38)18-23-40-42-25-24-41(33(4)13-10-12-32(2)3)47(42,6)29-27-43(40)46/h14-22,32-33,38,40-44H,9-13,23-30H2,1-8H3/t33-,38?,40?,41-,42?,43?,44?,46+,47-/m1/s1. The summed E-state index contributed by atoms with van der Waals surface area (Å²) >= 11 is 0. The molecule has 2 aromatic rings. The van der Waals surface area contributed by atoms with Crippen LogP contribution in [-0.4, -0.2) is 25.9 Å². The van der Waals surface area contributed by atoms with E-state index < -0.39 is 8.07 Å². The van der Waals surface area contributed by atoms with Crippen LogP contribution in [0.4, 0.5) is 0 Å². The number of allylic oxidation sites excluding steroid dienone is 1. The average Bonchev–Trinajstić information content (AvgIpc) is 3.49. The van der Waals surface area contributed by atoms with Gasteiger partial charge in [0.2, 0.25) is 0 Å². The number of fused-ring (bicyclic) bond motifs is 5. The van der Waals surface area contributed by atoms with Crippen LogP contribution in [0.15, 0.2) is 60.2 Å². The third-order valence-corrected chi connectivity index (χ3v) is 18.9. The van der Waals surface area contributed by atoms with Gasteiger partial charge in [0.1, 0.15) is 19.9 Å². The summed E-state index contributed by atoms with van der Waals surface area (Å²) in [4.78, 5) is 13.5. The van der Waals surface area contributed by atoms with Crippen LogP contribution in [-0.2, 0) is 4.74 Å². The molecule has 282 valence electrons. The molecule has 0 radical (unpaired) electrons. The molecular formula is C47H67NO3Si. The van der Waals surface area contributed by atoms with Crippen LogP contribution in [0.5, 0.6) is 5.75 Å². The second-order valence-corrected chi connectivity index (χ2v) is 23.6. The van der Waals surface area contributed by atoms with Crippen LogP contribution in [0, 0.1) is 57.7 Å². The number of carbonyl (C=O) groups is 1. The molecule has 5 unspecified atom stereocenters. The van der Waals surface area contributed by atoms with E-state index in [-0.39, 0.29) is 23.2 Å². The molecule has 2 aromatic carbocycles. The van der Waals surface area contributed by atoms with Gasteiger partial charge < -0.3 is 9.47 Å². The fraction of sp³-hybridized carbons (Fsp3) is 0.660. The first-order valence-electron chi connectivity index (χ1n) is 21.0. The Labute approximate surface area is 317 Å². The highest BCUT2D eigenvalue weighted by molar-refractivity contribution is 6.90. The Balaban J connectivity index is 1.07. The fourth-order valence-electron chi connectivity index (χ4n) is 11.8. The minimum atomic E-state index is -2.06. The van der Waals surface area contributed by atoms with Gasteiger partial charge >= 0.3 is 5.97 Å². The summed E-state index contributed by atoms with van der Waals surface area (Å²) in [5, 5.41) is 10.4. The molecular weight excluding hydrogens is 655 g/mol. The van der Waals surface area contributed by atoms with Gasteiger partial charge in [0.25, 0.3) is 0 Å². The van der Waals surface area contributed by atoms with Crippen LogP contribution >= 0.6 is 0 Å². The Morgan fingerprint density at radius 1 is 0.923 bits per heavy atom. The maximum Gasteiger partial charge on any atom is 0.338 e. The van der Waals surface area contributed by atoms with E-state index in [9.17, 15) is 10.1 Å². The monoisotopic (exact) mass is 721 g/mol. The Morgan fingerprint density at radius 2 is 1.65 bits per heavy atom. The molecule has 0 bridgehead atoms. The first-order valence-corrected chi connectivity index (χ1v) is 24.1. The van der Waals surface area contributed by atoms with Crippen molar-refractivity contribution in [2.24, 2.45) is 46.3 Å². The van der Waals surface area contributed by atoms with E-state index in [4.69, 9.17) is 9.47 Å². The number of esters is 1. The van der Waals surface area contributed by atoms with Crippen molar-refractivity contribution in [2.45, 2.75) is 150 Å². The molecule has 4 aliphatic rings. The van der Waals surface area contributed by atoms with E-state index in [0.29, 0.717) is 16.5 Å². The fourth-order valence-corrected chi connectivity index (χ4v) is 14.6. The molecule has 0 spiro atoms. The Morgan fingerprint density at radius 3 is 2.33 bits per heavy atom. The number of nitriles is 1. The first kappa shape index (κ1) is 38.9. The molecule has 0 amide bonds. The molecule has 5 heteroatoms. The molecule has 6 rings (SSSR count). The molecule has 4 nitrogen and oxygen atoms in total. The van der Waals surface area contributed by atoms with Crippen LogP contribution in [0.3, 0.4) is 0 Å². The zero-order valence-electron chi connectivity index (χ0n) is 33.7. The van der Waals surface area contributed by atoms with E-state index in [1.165, 1.54) is 56.6 Å². The van der Waals surface area contributed by atoms with Crippen molar-refractivity contribution in [3.05, 3.63) is 71.3 Å². The van der Waals surface area contributed by atoms with Crippen LogP contribution < -0.4 is 9.92 Å². The number of benzene rings is 2. The highest BCUT2D eigenvalue weighted by Gasteiger charge is 2.59. The lowest BCUT2D eigenvalue weighted by atomic mass is 9.47. The van der Waals surface area contributed by atoms with Crippen molar-refractivity contribution < 1.29 is 14.3 Å². The van der Waals surface area contributed by atoms with Crippen LogP contribution in [0.25, 0.3) is 0 Å². The van der Waals surface area contributed by atoms with Crippen molar-refractivity contribution in [3.63, 3.8) is 0 Å². The number of carbonyl (C=O) groups excluding carboxylic acids is 1. The maximum atomic E-state index is 13.5. The van der Waals surface area contributed by atoms with Crippen molar-refractivity contribution in [3.8, 4) is 11.8 Å². The zero-order valence-corrected chi connectivity index (χ0v) is 34.7. The van der Waals surface area contributed by atoms with E-state index >= 15 is 0 Å². The summed E-state index contributed by atoms with van der Waals surface area (Å²) in [6.45, 7) is 19.4. The van der Waals surface area contributed by atoms with Crippen LogP contribution in [0.1, 0.15) is 141 Å². The lowest BCUT2D eigenvalue weighted by Gasteiger charge is -2.58. The minimum absolute atomic E-state index is 0.0416. The summed E-state index contributed by atoms with van der Waals surface area (Å²) < 4.78 is 12.8. The van der Waals surface area contributed by atoms with Gasteiger partial charge in [-0.1, -0.05) is 109 Å². The summed E-state index contributed by atoms with van der Waals surface area (Å²) in [5.41, 5.74) is 3.69. The molecule has 0 saturated heterocycles. The topological polar surface area (TPSA) is 59.3 Å². The summed E-state index contributed by atoms with van der Waals surface area (Å²) in [6, 6.07) is 17.8. The zero-order chi connectivity index (χ0) is 37.3. The predicted octanol–water partition coefficient (Wildman–Crippen LogP) is 11.8. The molecule has 4 aliphatic carbocycles. The van der Waals surface area contributed by atoms with Gasteiger partial charge in [-0.25, -0.2) is 4.79 Å². The van der Waals surface area contributed by atoms with Crippen molar-refractivity contribution in [1.29, 1.82) is 5.26 Å². The Hall–Kier alpha value is -2.84. The number of hydrogen-bond donors (Lipinski definition) is 0. The highest BCUT2D eigenvalue weighted by atomic mass is 28.3. The van der Waals surface area contributed by atoms with E-state index in [0.717, 1.165) is 73.4 Å². The molecule has 0 heterocycles. The number of nitrogens with zero attached hydrogens (tertiary/aromatic N) is 1.